The first-order valence-corrected chi connectivity index (χ1v) is 4.17. The van der Waals surface area contributed by atoms with E-state index in [9.17, 15) is 0 Å². The van der Waals surface area contributed by atoms with E-state index in [1.807, 2.05) is 30.5 Å². The Morgan fingerprint density at radius 1 is 0.938 bits per heavy atom. The lowest BCUT2D eigenvalue weighted by Gasteiger charge is -1.91. The predicted molar refractivity (Wildman–Crippen MR) is 58.6 cm³/mol. The molecule has 0 fully saturated rings. The van der Waals surface area contributed by atoms with Gasteiger partial charge in [-0.15, -0.1) is 0 Å². The van der Waals surface area contributed by atoms with Crippen LogP contribution in [0.4, 0.5) is 0 Å². The van der Waals surface area contributed by atoms with Crippen LogP contribution in [0.25, 0.3) is 10.9 Å². The van der Waals surface area contributed by atoms with Gasteiger partial charge in [0.2, 0.25) is 12.2 Å². The van der Waals surface area contributed by atoms with Crippen LogP contribution in [-0.4, -0.2) is 17.1 Å². The molecule has 5 nitrogen and oxygen atoms in total. The standard InChI is InChI=1S/C9H7N.2CHNO/c1-2-6-9-8(4-1)5-3-7-10-9;2*2-1-3/h1-7H;2*2H. The van der Waals surface area contributed by atoms with Gasteiger partial charge in [-0.25, -0.2) is 20.4 Å². The van der Waals surface area contributed by atoms with Crippen molar-refractivity contribution in [1.29, 1.82) is 10.8 Å². The highest BCUT2D eigenvalue weighted by molar-refractivity contribution is 5.77. The molecule has 0 aliphatic heterocycles. The summed E-state index contributed by atoms with van der Waals surface area (Å²) >= 11 is 0. The average Bonchev–Trinajstić information content (AvgIpc) is 2.31. The van der Waals surface area contributed by atoms with Crippen molar-refractivity contribution in [3.8, 4) is 0 Å². The summed E-state index contributed by atoms with van der Waals surface area (Å²) in [5.41, 5.74) is 1.06. The largest absolute Gasteiger partial charge is 0.256 e. The van der Waals surface area contributed by atoms with Crippen molar-refractivity contribution in [1.82, 2.24) is 4.98 Å². The molecule has 16 heavy (non-hydrogen) atoms. The maximum Gasteiger partial charge on any atom is 0.231 e. The van der Waals surface area contributed by atoms with Crippen LogP contribution in [0, 0.1) is 10.8 Å². The Kier molecular flexibility index (Phi) is 7.50. The fourth-order valence-corrected chi connectivity index (χ4v) is 1.02. The number of hydrogen-bond acceptors (Lipinski definition) is 5. The molecule has 0 aliphatic rings. The summed E-state index contributed by atoms with van der Waals surface area (Å²) < 4.78 is 0. The zero-order chi connectivity index (χ0) is 12.2. The van der Waals surface area contributed by atoms with Crippen molar-refractivity contribution < 1.29 is 9.59 Å². The second-order valence-electron chi connectivity index (χ2n) is 2.40. The summed E-state index contributed by atoms with van der Waals surface area (Å²) in [7, 11) is 0. The zero-order valence-electron chi connectivity index (χ0n) is 8.31. The summed E-state index contributed by atoms with van der Waals surface area (Å²) in [6, 6.07) is 12.1. The number of fused-ring (bicyclic) bond motifs is 1. The number of nitrogens with one attached hydrogen (secondary N) is 2. The Hall–Kier alpha value is -2.61. The van der Waals surface area contributed by atoms with Crippen LogP contribution in [0.5, 0.6) is 0 Å². The third-order valence-corrected chi connectivity index (χ3v) is 1.51. The third kappa shape index (κ3) is 5.19. The SMILES string of the molecule is N=C=O.N=C=O.c1ccc2ncccc2c1. The number of rotatable bonds is 0. The molecule has 2 aromatic rings. The van der Waals surface area contributed by atoms with Gasteiger partial charge < -0.3 is 0 Å². The van der Waals surface area contributed by atoms with Gasteiger partial charge in [-0.3, -0.25) is 4.98 Å². The Morgan fingerprint density at radius 3 is 2.00 bits per heavy atom. The molecule has 80 valence electrons. The number of benzene rings is 1. The Bertz CT molecular complexity index is 422. The molecular weight excluding hydrogens is 206 g/mol. The van der Waals surface area contributed by atoms with Crippen molar-refractivity contribution in [2.45, 2.75) is 0 Å². The van der Waals surface area contributed by atoms with Crippen LogP contribution in [0.2, 0.25) is 0 Å². The summed E-state index contributed by atoms with van der Waals surface area (Å²) in [6.07, 6.45) is 3.31. The topological polar surface area (TPSA) is 94.7 Å². The fraction of sp³-hybridized carbons (Fsp3) is 0. The van der Waals surface area contributed by atoms with Crippen LogP contribution in [0.3, 0.4) is 0 Å². The minimum atomic E-state index is 0.750. The Labute approximate surface area is 91.8 Å². The fourth-order valence-electron chi connectivity index (χ4n) is 1.02. The highest BCUT2D eigenvalue weighted by Crippen LogP contribution is 2.07. The molecule has 0 radical (unpaired) electrons. The Balaban J connectivity index is 0.000000321. The van der Waals surface area contributed by atoms with E-state index >= 15 is 0 Å². The molecule has 0 spiro atoms. The Morgan fingerprint density at radius 2 is 1.44 bits per heavy atom. The highest BCUT2D eigenvalue weighted by atomic mass is 16.1. The molecule has 0 saturated carbocycles. The van der Waals surface area contributed by atoms with Crippen LogP contribution >= 0.6 is 0 Å². The number of hydrogen-bond donors (Lipinski definition) is 2. The van der Waals surface area contributed by atoms with E-state index in [-0.39, 0.29) is 0 Å². The van der Waals surface area contributed by atoms with Gasteiger partial charge in [0.15, 0.2) is 0 Å². The molecule has 5 heteroatoms. The number of aromatic nitrogens is 1. The molecule has 0 bridgehead atoms. The van der Waals surface area contributed by atoms with E-state index < -0.39 is 0 Å². The lowest BCUT2D eigenvalue weighted by molar-refractivity contribution is 0.562. The third-order valence-electron chi connectivity index (χ3n) is 1.51. The molecule has 1 aromatic heterocycles. The lowest BCUT2D eigenvalue weighted by Crippen LogP contribution is -1.73. The first-order valence-electron chi connectivity index (χ1n) is 4.17. The van der Waals surface area contributed by atoms with Crippen molar-refractivity contribution in [3.63, 3.8) is 0 Å². The molecule has 0 unspecified atom stereocenters. The average molecular weight is 215 g/mol. The second kappa shape index (κ2) is 8.97. The number of isocyanates is 2. The second-order valence-corrected chi connectivity index (χ2v) is 2.40. The number of nitrogens with zero attached hydrogens (tertiary/aromatic N) is 1. The van der Waals surface area contributed by atoms with E-state index in [1.165, 1.54) is 5.39 Å². The molecule has 2 rings (SSSR count). The molecule has 0 amide bonds. The van der Waals surface area contributed by atoms with Crippen LogP contribution in [0.15, 0.2) is 42.6 Å². The van der Waals surface area contributed by atoms with Gasteiger partial charge in [-0.05, 0) is 12.1 Å². The summed E-state index contributed by atoms with van der Waals surface area (Å²) in [4.78, 5) is 20.9. The summed E-state index contributed by atoms with van der Waals surface area (Å²) in [6.45, 7) is 0. The molecule has 1 heterocycles. The van der Waals surface area contributed by atoms with Gasteiger partial charge in [-0.2, -0.15) is 0 Å². The molecule has 0 saturated heterocycles. The first-order chi connectivity index (χ1) is 7.79. The lowest BCUT2D eigenvalue weighted by atomic mass is 10.2. The predicted octanol–water partition coefficient (Wildman–Crippen LogP) is 2.04. The van der Waals surface area contributed by atoms with Crippen molar-refractivity contribution in [2.75, 3.05) is 0 Å². The maximum absolute atomic E-state index is 8.35. The molecule has 2 N–H and O–H groups in total. The smallest absolute Gasteiger partial charge is 0.231 e. The van der Waals surface area contributed by atoms with Crippen molar-refractivity contribution in [2.24, 2.45) is 0 Å². The van der Waals surface area contributed by atoms with Crippen LogP contribution in [0.1, 0.15) is 0 Å². The highest BCUT2D eigenvalue weighted by Gasteiger charge is 1.86. The van der Waals surface area contributed by atoms with Gasteiger partial charge >= 0.3 is 0 Å². The van der Waals surface area contributed by atoms with Crippen molar-refractivity contribution in [3.05, 3.63) is 42.6 Å². The number of para-hydroxylation sites is 1. The number of carbonyl (C=O) groups excluding carboxylic acids is 2. The summed E-state index contributed by atoms with van der Waals surface area (Å²) in [5, 5.41) is 12.0. The van der Waals surface area contributed by atoms with Gasteiger partial charge in [0.05, 0.1) is 5.52 Å². The van der Waals surface area contributed by atoms with Gasteiger partial charge in [0.25, 0.3) is 0 Å². The van der Waals surface area contributed by atoms with Gasteiger partial charge in [-0.1, -0.05) is 24.3 Å². The van der Waals surface area contributed by atoms with E-state index in [2.05, 4.69) is 17.1 Å². The van der Waals surface area contributed by atoms with E-state index in [4.69, 9.17) is 20.4 Å². The van der Waals surface area contributed by atoms with Gasteiger partial charge in [0, 0.05) is 11.6 Å². The zero-order valence-corrected chi connectivity index (χ0v) is 8.31. The normalized spacial score (nSPS) is 7.25. The van der Waals surface area contributed by atoms with E-state index in [1.54, 1.807) is 0 Å². The quantitative estimate of drug-likeness (QED) is 0.520. The van der Waals surface area contributed by atoms with Gasteiger partial charge in [0.1, 0.15) is 0 Å². The maximum atomic E-state index is 8.35. The molecule has 1 aromatic carbocycles. The van der Waals surface area contributed by atoms with E-state index in [0.29, 0.717) is 0 Å². The number of pyridine rings is 1. The molecular formula is C11H9N3O2. The minimum absolute atomic E-state index is 0.750. The van der Waals surface area contributed by atoms with Crippen LogP contribution < -0.4 is 0 Å². The molecule has 0 aliphatic carbocycles. The minimum Gasteiger partial charge on any atom is -0.256 e. The molecule has 0 atom stereocenters. The monoisotopic (exact) mass is 215 g/mol. The van der Waals surface area contributed by atoms with E-state index in [0.717, 1.165) is 17.7 Å². The van der Waals surface area contributed by atoms with Crippen LogP contribution in [-0.2, 0) is 9.59 Å². The van der Waals surface area contributed by atoms with Crippen molar-refractivity contribution >= 4 is 23.1 Å². The first kappa shape index (κ1) is 13.4. The summed E-state index contributed by atoms with van der Waals surface area (Å²) in [5.74, 6) is 0.